The number of hydrogen-bond donors (Lipinski definition) is 0. The third-order valence-electron chi connectivity index (χ3n) is 6.92. The molecule has 8 nitrogen and oxygen atoms in total. The summed E-state index contributed by atoms with van der Waals surface area (Å²) in [5.41, 5.74) is 0. The molecular formula is C28H40O8. The van der Waals surface area contributed by atoms with Crippen LogP contribution in [0.1, 0.15) is 104 Å². The highest BCUT2D eigenvalue weighted by molar-refractivity contribution is 5.91. The molecule has 0 amide bonds. The molecule has 0 N–H and O–H groups in total. The van der Waals surface area contributed by atoms with E-state index in [2.05, 4.69) is 0 Å². The molecule has 2 unspecified atom stereocenters. The van der Waals surface area contributed by atoms with Gasteiger partial charge in [0, 0.05) is 38.8 Å². The SMILES string of the molecule is CC(OC(=O)/C=C/C(=O)OC(C)(OC1=CCCC1)OC1CCCC1)(OC1=CCCC1)OC1CCCC1. The van der Waals surface area contributed by atoms with Crippen LogP contribution in [0.2, 0.25) is 0 Å². The topological polar surface area (TPSA) is 89.5 Å². The maximum Gasteiger partial charge on any atom is 0.370 e. The van der Waals surface area contributed by atoms with Crippen LogP contribution < -0.4 is 0 Å². The molecule has 0 spiro atoms. The van der Waals surface area contributed by atoms with E-state index >= 15 is 0 Å². The van der Waals surface area contributed by atoms with E-state index in [1.165, 1.54) is 0 Å². The first-order valence-electron chi connectivity index (χ1n) is 13.6. The van der Waals surface area contributed by atoms with Crippen molar-refractivity contribution in [2.45, 2.75) is 128 Å². The predicted molar refractivity (Wildman–Crippen MR) is 131 cm³/mol. The van der Waals surface area contributed by atoms with Gasteiger partial charge in [-0.3, -0.25) is 0 Å². The fourth-order valence-corrected chi connectivity index (χ4v) is 5.27. The second kappa shape index (κ2) is 12.3. The predicted octanol–water partition coefficient (Wildman–Crippen LogP) is 6.06. The van der Waals surface area contributed by atoms with E-state index in [1.807, 2.05) is 12.2 Å². The van der Waals surface area contributed by atoms with Gasteiger partial charge in [0.2, 0.25) is 0 Å². The summed E-state index contributed by atoms with van der Waals surface area (Å²) >= 11 is 0. The maximum atomic E-state index is 12.7. The van der Waals surface area contributed by atoms with Crippen molar-refractivity contribution in [3.05, 3.63) is 35.8 Å². The highest BCUT2D eigenvalue weighted by Gasteiger charge is 2.39. The van der Waals surface area contributed by atoms with E-state index in [4.69, 9.17) is 28.4 Å². The number of rotatable bonds is 12. The number of esters is 2. The van der Waals surface area contributed by atoms with Crippen LogP contribution in [0.3, 0.4) is 0 Å². The van der Waals surface area contributed by atoms with Gasteiger partial charge < -0.3 is 28.4 Å². The molecular weight excluding hydrogens is 464 g/mol. The minimum atomic E-state index is -1.56. The number of hydrogen-bond acceptors (Lipinski definition) is 8. The van der Waals surface area contributed by atoms with E-state index in [-0.39, 0.29) is 12.2 Å². The molecule has 200 valence electrons. The molecule has 0 aliphatic heterocycles. The lowest BCUT2D eigenvalue weighted by Gasteiger charge is -2.32. The molecule has 0 bridgehead atoms. The largest absolute Gasteiger partial charge is 0.435 e. The van der Waals surface area contributed by atoms with Gasteiger partial charge in [0.25, 0.3) is 0 Å². The second-order valence-electron chi connectivity index (χ2n) is 10.3. The molecule has 2 atom stereocenters. The van der Waals surface area contributed by atoms with Gasteiger partial charge in [-0.1, -0.05) is 25.7 Å². The first kappa shape index (κ1) is 26.7. The lowest BCUT2D eigenvalue weighted by Crippen LogP contribution is -2.40. The molecule has 8 heteroatoms. The molecule has 0 aromatic carbocycles. The van der Waals surface area contributed by atoms with Crippen LogP contribution in [0.5, 0.6) is 0 Å². The van der Waals surface area contributed by atoms with Crippen molar-refractivity contribution in [2.75, 3.05) is 0 Å². The minimum absolute atomic E-state index is 0.0331. The maximum absolute atomic E-state index is 12.7. The molecule has 4 rings (SSSR count). The van der Waals surface area contributed by atoms with Gasteiger partial charge in [-0.25, -0.2) is 9.59 Å². The number of ether oxygens (including phenoxy) is 6. The van der Waals surface area contributed by atoms with E-state index in [1.54, 1.807) is 13.8 Å². The van der Waals surface area contributed by atoms with Crippen molar-refractivity contribution >= 4 is 11.9 Å². The Bertz CT molecular complexity index is 795. The zero-order valence-corrected chi connectivity index (χ0v) is 21.6. The Kier molecular flexibility index (Phi) is 9.12. The van der Waals surface area contributed by atoms with Crippen LogP contribution in [0.15, 0.2) is 35.8 Å². The quantitative estimate of drug-likeness (QED) is 0.180. The van der Waals surface area contributed by atoms with Crippen molar-refractivity contribution in [1.82, 2.24) is 0 Å². The summed E-state index contributed by atoms with van der Waals surface area (Å²) in [5.74, 6) is -3.13. The normalized spacial score (nSPS) is 24.3. The lowest BCUT2D eigenvalue weighted by molar-refractivity contribution is -0.352. The highest BCUT2D eigenvalue weighted by Crippen LogP contribution is 2.33. The molecule has 36 heavy (non-hydrogen) atoms. The van der Waals surface area contributed by atoms with Crippen molar-refractivity contribution in [2.24, 2.45) is 0 Å². The Morgan fingerprint density at radius 3 is 1.42 bits per heavy atom. The smallest absolute Gasteiger partial charge is 0.370 e. The average molecular weight is 505 g/mol. The number of allylic oxidation sites excluding steroid dienone is 4. The lowest BCUT2D eigenvalue weighted by atomic mass is 10.3. The van der Waals surface area contributed by atoms with Crippen LogP contribution in [-0.2, 0) is 38.0 Å². The fraction of sp³-hybridized carbons (Fsp3) is 0.714. The molecule has 2 fully saturated rings. The Balaban J connectivity index is 1.35. The van der Waals surface area contributed by atoms with E-state index in [9.17, 15) is 9.59 Å². The van der Waals surface area contributed by atoms with Crippen molar-refractivity contribution < 1.29 is 38.0 Å². The number of carbonyl (C=O) groups excluding carboxylic acids is 2. The summed E-state index contributed by atoms with van der Waals surface area (Å²) in [5, 5.41) is 0. The molecule has 4 aliphatic carbocycles. The number of carbonyl (C=O) groups is 2. The van der Waals surface area contributed by atoms with Crippen molar-refractivity contribution in [3.8, 4) is 0 Å². The summed E-state index contributed by atoms with van der Waals surface area (Å²) in [6.07, 6.45) is 19.2. The third-order valence-corrected chi connectivity index (χ3v) is 6.92. The summed E-state index contributed by atoms with van der Waals surface area (Å²) in [7, 11) is 0. The Labute approximate surface area is 214 Å². The van der Waals surface area contributed by atoms with E-state index < -0.39 is 23.9 Å². The van der Waals surface area contributed by atoms with Crippen molar-refractivity contribution in [3.63, 3.8) is 0 Å². The monoisotopic (exact) mass is 504 g/mol. The molecule has 2 saturated carbocycles. The van der Waals surface area contributed by atoms with Gasteiger partial charge in [-0.2, -0.15) is 0 Å². The fourth-order valence-electron chi connectivity index (χ4n) is 5.27. The summed E-state index contributed by atoms with van der Waals surface area (Å²) in [4.78, 5) is 25.3. The van der Waals surface area contributed by atoms with Gasteiger partial charge in [0.1, 0.15) is 0 Å². The minimum Gasteiger partial charge on any atom is -0.435 e. The highest BCUT2D eigenvalue weighted by atomic mass is 16.9. The van der Waals surface area contributed by atoms with E-state index in [0.29, 0.717) is 0 Å². The molecule has 0 heterocycles. The third kappa shape index (κ3) is 8.10. The summed E-state index contributed by atoms with van der Waals surface area (Å²) in [6, 6.07) is 0. The molecule has 0 aromatic heterocycles. The first-order chi connectivity index (χ1) is 17.3. The van der Waals surface area contributed by atoms with E-state index in [0.717, 1.165) is 114 Å². The van der Waals surface area contributed by atoms with Crippen molar-refractivity contribution in [1.29, 1.82) is 0 Å². The zero-order chi connectivity index (χ0) is 25.4. The van der Waals surface area contributed by atoms with Crippen LogP contribution >= 0.6 is 0 Å². The van der Waals surface area contributed by atoms with Gasteiger partial charge in [0.15, 0.2) is 0 Å². The second-order valence-corrected chi connectivity index (χ2v) is 10.3. The Morgan fingerprint density at radius 2 is 1.08 bits per heavy atom. The molecule has 0 radical (unpaired) electrons. The molecule has 0 saturated heterocycles. The van der Waals surface area contributed by atoms with Gasteiger partial charge in [0.05, 0.1) is 23.7 Å². The van der Waals surface area contributed by atoms with Gasteiger partial charge in [-0.15, -0.1) is 0 Å². The van der Waals surface area contributed by atoms with Crippen LogP contribution in [0, 0.1) is 0 Å². The zero-order valence-electron chi connectivity index (χ0n) is 21.6. The summed E-state index contributed by atoms with van der Waals surface area (Å²) < 4.78 is 35.2. The van der Waals surface area contributed by atoms with Crippen LogP contribution in [-0.4, -0.2) is 36.1 Å². The standard InChI is InChI=1S/C28H40O8/c1-27(31-21-11-3-4-12-21,32-22-13-5-6-14-22)35-25(29)19-20-26(30)36-28(2,33-23-15-7-8-16-23)34-24-17-9-10-18-24/h11,15,19-20,22,24H,3-10,12-14,16-18H2,1-2H3/b20-19+. The van der Waals surface area contributed by atoms with Crippen LogP contribution in [0.4, 0.5) is 0 Å². The van der Waals surface area contributed by atoms with Gasteiger partial charge >= 0.3 is 23.9 Å². The average Bonchev–Trinajstić information content (AvgIpc) is 3.61. The Hall–Kier alpha value is -2.32. The first-order valence-corrected chi connectivity index (χ1v) is 13.6. The Morgan fingerprint density at radius 1 is 0.694 bits per heavy atom. The molecule has 0 aromatic rings. The molecule has 4 aliphatic rings. The van der Waals surface area contributed by atoms with Crippen LogP contribution in [0.25, 0.3) is 0 Å². The van der Waals surface area contributed by atoms with Gasteiger partial charge in [-0.05, 0) is 63.5 Å². The summed E-state index contributed by atoms with van der Waals surface area (Å²) in [6.45, 7) is 3.20.